The fraction of sp³-hybridized carbons (Fsp3) is 0.400. The van der Waals surface area contributed by atoms with Crippen LogP contribution in [0.4, 0.5) is 0 Å². The first-order valence-corrected chi connectivity index (χ1v) is 5.44. The van der Waals surface area contributed by atoms with Crippen LogP contribution in [0, 0.1) is 0 Å². The summed E-state index contributed by atoms with van der Waals surface area (Å²) in [4.78, 5) is 15.4. The highest BCUT2D eigenvalue weighted by Crippen LogP contribution is 2.04. The van der Waals surface area contributed by atoms with E-state index in [1.54, 1.807) is 6.20 Å². The Balaban J connectivity index is 2.75. The smallest absolute Gasteiger partial charge is 0.164 e. The predicted molar refractivity (Wildman–Crippen MR) is 56.4 cm³/mol. The number of hydrogen-bond donors (Lipinski definition) is 0. The van der Waals surface area contributed by atoms with Gasteiger partial charge in [0, 0.05) is 29.2 Å². The maximum Gasteiger partial charge on any atom is 0.164 e. The minimum Gasteiger partial charge on any atom is -0.294 e. The van der Waals surface area contributed by atoms with E-state index < -0.39 is 0 Å². The molecule has 3 heteroatoms. The quantitative estimate of drug-likeness (QED) is 0.600. The van der Waals surface area contributed by atoms with Crippen LogP contribution in [-0.4, -0.2) is 16.1 Å². The molecule has 0 aliphatic heterocycles. The molecule has 0 saturated heterocycles. The fourth-order valence-corrected chi connectivity index (χ4v) is 1.44. The molecule has 1 aromatic rings. The van der Waals surface area contributed by atoms with E-state index in [1.165, 1.54) is 0 Å². The number of aryl methyl sites for hydroxylation is 1. The van der Waals surface area contributed by atoms with Crippen molar-refractivity contribution in [2.75, 3.05) is 5.33 Å². The van der Waals surface area contributed by atoms with Crippen molar-refractivity contribution in [3.63, 3.8) is 0 Å². The molecule has 13 heavy (non-hydrogen) atoms. The summed E-state index contributed by atoms with van der Waals surface area (Å²) in [6.45, 7) is 1.86. The van der Waals surface area contributed by atoms with Crippen LogP contribution in [0.15, 0.2) is 18.3 Å². The molecule has 0 unspecified atom stereocenters. The Kier molecular flexibility index (Phi) is 4.09. The third kappa shape index (κ3) is 2.92. The number of carbonyl (C=O) groups excluding carboxylic acids is 1. The third-order valence-electron chi connectivity index (χ3n) is 1.82. The van der Waals surface area contributed by atoms with Crippen LogP contribution in [-0.2, 0) is 6.42 Å². The predicted octanol–water partition coefficient (Wildman–Crippen LogP) is 2.61. The van der Waals surface area contributed by atoms with Gasteiger partial charge in [-0.1, -0.05) is 22.9 Å². The molecule has 0 fully saturated rings. The third-order valence-corrected chi connectivity index (χ3v) is 2.21. The number of ketones is 1. The zero-order chi connectivity index (χ0) is 9.68. The standard InChI is InChI=1S/C10H12BrNO/c1-2-10(13)8-3-4-9(5-6-11)12-7-8/h3-4,7H,2,5-6H2,1H3. The van der Waals surface area contributed by atoms with Crippen molar-refractivity contribution in [2.45, 2.75) is 19.8 Å². The van der Waals surface area contributed by atoms with Gasteiger partial charge in [0.1, 0.15) is 0 Å². The molecule has 0 radical (unpaired) electrons. The number of Topliss-reactive ketones (excluding diaryl/α,β-unsaturated/α-hetero) is 1. The second kappa shape index (κ2) is 5.12. The van der Waals surface area contributed by atoms with Gasteiger partial charge in [0.15, 0.2) is 5.78 Å². The zero-order valence-corrected chi connectivity index (χ0v) is 9.17. The summed E-state index contributed by atoms with van der Waals surface area (Å²) in [6, 6.07) is 3.75. The monoisotopic (exact) mass is 241 g/mol. The number of hydrogen-bond acceptors (Lipinski definition) is 2. The van der Waals surface area contributed by atoms with Crippen molar-refractivity contribution in [3.05, 3.63) is 29.6 Å². The molecule has 70 valence electrons. The van der Waals surface area contributed by atoms with Gasteiger partial charge >= 0.3 is 0 Å². The summed E-state index contributed by atoms with van der Waals surface area (Å²) >= 11 is 3.34. The number of alkyl halides is 1. The Bertz CT molecular complexity index is 281. The Hall–Kier alpha value is -0.700. The van der Waals surface area contributed by atoms with Crippen molar-refractivity contribution in [1.29, 1.82) is 0 Å². The SMILES string of the molecule is CCC(=O)c1ccc(CCBr)nc1. The average Bonchev–Trinajstić information content (AvgIpc) is 2.18. The first kappa shape index (κ1) is 10.4. The van der Waals surface area contributed by atoms with Crippen molar-refractivity contribution in [2.24, 2.45) is 0 Å². The van der Waals surface area contributed by atoms with Crippen LogP contribution < -0.4 is 0 Å². The molecule has 0 saturated carbocycles. The Morgan fingerprint density at radius 3 is 2.77 bits per heavy atom. The van der Waals surface area contributed by atoms with Crippen LogP contribution in [0.2, 0.25) is 0 Å². The van der Waals surface area contributed by atoms with Gasteiger partial charge in [-0.3, -0.25) is 9.78 Å². The second-order valence-corrected chi connectivity index (χ2v) is 3.55. The van der Waals surface area contributed by atoms with Crippen molar-refractivity contribution in [1.82, 2.24) is 4.98 Å². The number of carbonyl (C=O) groups is 1. The van der Waals surface area contributed by atoms with Gasteiger partial charge in [0.05, 0.1) is 0 Å². The van der Waals surface area contributed by atoms with E-state index in [2.05, 4.69) is 20.9 Å². The van der Waals surface area contributed by atoms with Crippen LogP contribution in [0.5, 0.6) is 0 Å². The molecule has 2 nitrogen and oxygen atoms in total. The van der Waals surface area contributed by atoms with E-state index >= 15 is 0 Å². The largest absolute Gasteiger partial charge is 0.294 e. The Labute approximate surface area is 86.5 Å². The average molecular weight is 242 g/mol. The van der Waals surface area contributed by atoms with Gasteiger partial charge in [0.2, 0.25) is 0 Å². The number of aromatic nitrogens is 1. The number of pyridine rings is 1. The first-order chi connectivity index (χ1) is 6.27. The molecule has 0 aliphatic carbocycles. The lowest BCUT2D eigenvalue weighted by molar-refractivity contribution is 0.0988. The molecule has 0 aromatic carbocycles. The molecule has 0 atom stereocenters. The normalized spacial score (nSPS) is 10.0. The van der Waals surface area contributed by atoms with Gasteiger partial charge in [-0.05, 0) is 18.6 Å². The molecule has 0 amide bonds. The molecule has 0 N–H and O–H groups in total. The summed E-state index contributed by atoms with van der Waals surface area (Å²) in [5, 5.41) is 0.904. The molecule has 1 aromatic heterocycles. The van der Waals surface area contributed by atoms with E-state index in [0.717, 1.165) is 17.4 Å². The van der Waals surface area contributed by atoms with Gasteiger partial charge in [-0.15, -0.1) is 0 Å². The van der Waals surface area contributed by atoms with Gasteiger partial charge in [-0.25, -0.2) is 0 Å². The lowest BCUT2D eigenvalue weighted by Crippen LogP contribution is -1.99. The molecule has 0 spiro atoms. The highest BCUT2D eigenvalue weighted by molar-refractivity contribution is 9.09. The van der Waals surface area contributed by atoms with Crippen molar-refractivity contribution in [3.8, 4) is 0 Å². The summed E-state index contributed by atoms with van der Waals surface area (Å²) in [5.74, 6) is 0.151. The van der Waals surface area contributed by atoms with Crippen LogP contribution in [0.1, 0.15) is 29.4 Å². The molecular weight excluding hydrogens is 230 g/mol. The lowest BCUT2D eigenvalue weighted by Gasteiger charge is -1.99. The second-order valence-electron chi connectivity index (χ2n) is 2.75. The minimum absolute atomic E-state index is 0.151. The number of rotatable bonds is 4. The number of nitrogens with zero attached hydrogens (tertiary/aromatic N) is 1. The highest BCUT2D eigenvalue weighted by atomic mass is 79.9. The highest BCUT2D eigenvalue weighted by Gasteiger charge is 2.02. The topological polar surface area (TPSA) is 30.0 Å². The van der Waals surface area contributed by atoms with Crippen LogP contribution in [0.25, 0.3) is 0 Å². The zero-order valence-electron chi connectivity index (χ0n) is 7.59. The summed E-state index contributed by atoms with van der Waals surface area (Å²) in [6.07, 6.45) is 3.10. The van der Waals surface area contributed by atoms with E-state index in [0.29, 0.717) is 12.0 Å². The Morgan fingerprint density at radius 1 is 1.54 bits per heavy atom. The summed E-state index contributed by atoms with van der Waals surface area (Å²) in [7, 11) is 0. The fourth-order valence-electron chi connectivity index (χ4n) is 1.04. The van der Waals surface area contributed by atoms with E-state index in [-0.39, 0.29) is 5.78 Å². The number of halogens is 1. The van der Waals surface area contributed by atoms with E-state index in [4.69, 9.17) is 0 Å². The van der Waals surface area contributed by atoms with Gasteiger partial charge < -0.3 is 0 Å². The van der Waals surface area contributed by atoms with Gasteiger partial charge in [-0.2, -0.15) is 0 Å². The Morgan fingerprint density at radius 2 is 2.31 bits per heavy atom. The molecule has 0 bridgehead atoms. The maximum absolute atomic E-state index is 11.2. The molecule has 1 rings (SSSR count). The minimum atomic E-state index is 0.151. The molecular formula is C10H12BrNO. The van der Waals surface area contributed by atoms with E-state index in [1.807, 2.05) is 19.1 Å². The summed E-state index contributed by atoms with van der Waals surface area (Å²) in [5.41, 5.74) is 1.73. The van der Waals surface area contributed by atoms with E-state index in [9.17, 15) is 4.79 Å². The van der Waals surface area contributed by atoms with Gasteiger partial charge in [0.25, 0.3) is 0 Å². The maximum atomic E-state index is 11.2. The van der Waals surface area contributed by atoms with Crippen LogP contribution >= 0.6 is 15.9 Å². The first-order valence-electron chi connectivity index (χ1n) is 4.32. The summed E-state index contributed by atoms with van der Waals surface area (Å²) < 4.78 is 0. The van der Waals surface area contributed by atoms with Crippen molar-refractivity contribution >= 4 is 21.7 Å². The molecule has 1 heterocycles. The lowest BCUT2D eigenvalue weighted by atomic mass is 10.1. The van der Waals surface area contributed by atoms with Crippen LogP contribution in [0.3, 0.4) is 0 Å². The van der Waals surface area contributed by atoms with Crippen molar-refractivity contribution < 1.29 is 4.79 Å². The molecule has 0 aliphatic rings.